The summed E-state index contributed by atoms with van der Waals surface area (Å²) in [7, 11) is 3.21. The third kappa shape index (κ3) is 8.41. The maximum atomic E-state index is 11.7. The average Bonchev–Trinajstić information content (AvgIpc) is 2.46. The Hall–Kier alpha value is -1.05. The second-order valence-corrected chi connectivity index (χ2v) is 4.61. The second-order valence-electron chi connectivity index (χ2n) is 4.20. The van der Waals surface area contributed by atoms with E-state index >= 15 is 0 Å². The van der Waals surface area contributed by atoms with Crippen LogP contribution in [-0.4, -0.2) is 53.0 Å². The molecule has 0 aliphatic heterocycles. The zero-order valence-electron chi connectivity index (χ0n) is 12.7. The zero-order chi connectivity index (χ0) is 15.5. The van der Waals surface area contributed by atoms with Gasteiger partial charge in [-0.25, -0.2) is 0 Å². The molecule has 0 atom stereocenters. The van der Waals surface area contributed by atoms with Gasteiger partial charge < -0.3 is 24.8 Å². The predicted octanol–water partition coefficient (Wildman–Crippen LogP) is 1.96. The maximum Gasteiger partial charge on any atom is 0.238 e. The van der Waals surface area contributed by atoms with Gasteiger partial charge in [0, 0.05) is 26.5 Å². The molecule has 0 unspecified atom stereocenters. The van der Waals surface area contributed by atoms with Crippen LogP contribution in [0.1, 0.15) is 0 Å². The summed E-state index contributed by atoms with van der Waals surface area (Å²) in [4.78, 5) is 11.7. The molecule has 1 aromatic rings. The van der Waals surface area contributed by atoms with Crippen LogP contribution >= 0.6 is 24.0 Å². The lowest BCUT2D eigenvalue weighted by Crippen LogP contribution is -2.30. The lowest BCUT2D eigenvalue weighted by atomic mass is 10.3. The number of carbonyl (C=O) groups is 1. The molecule has 0 fully saturated rings. The van der Waals surface area contributed by atoms with E-state index in [0.29, 0.717) is 42.8 Å². The highest BCUT2D eigenvalue weighted by molar-refractivity contribution is 6.32. The van der Waals surface area contributed by atoms with Gasteiger partial charge in [-0.05, 0) is 18.2 Å². The molecule has 0 aliphatic carbocycles. The minimum Gasteiger partial charge on any atom is -0.490 e. The molecule has 22 heavy (non-hydrogen) atoms. The molecule has 1 amide bonds. The minimum atomic E-state index is -0.143. The first-order valence-electron chi connectivity index (χ1n) is 6.58. The van der Waals surface area contributed by atoms with Crippen LogP contribution in [0.4, 0.5) is 5.69 Å². The third-order valence-corrected chi connectivity index (χ3v) is 2.82. The Bertz CT molecular complexity index is 447. The average molecular weight is 353 g/mol. The molecule has 0 heterocycles. The molecule has 0 aliphatic rings. The number of hydrogen-bond acceptors (Lipinski definition) is 5. The fourth-order valence-corrected chi connectivity index (χ4v) is 1.75. The Morgan fingerprint density at radius 1 is 1.18 bits per heavy atom. The number of rotatable bonds is 10. The fraction of sp³-hybridized carbons (Fsp3) is 0.500. The van der Waals surface area contributed by atoms with Crippen LogP contribution in [0.15, 0.2) is 18.2 Å². The molecule has 6 nitrogen and oxygen atoms in total. The van der Waals surface area contributed by atoms with E-state index in [4.69, 9.17) is 25.8 Å². The fourth-order valence-electron chi connectivity index (χ4n) is 1.51. The first-order chi connectivity index (χ1) is 10.2. The van der Waals surface area contributed by atoms with E-state index in [1.807, 2.05) is 0 Å². The largest absolute Gasteiger partial charge is 0.490 e. The van der Waals surface area contributed by atoms with E-state index < -0.39 is 0 Å². The van der Waals surface area contributed by atoms with Crippen molar-refractivity contribution in [3.8, 4) is 5.75 Å². The van der Waals surface area contributed by atoms with E-state index in [9.17, 15) is 4.79 Å². The molecule has 0 bridgehead atoms. The van der Waals surface area contributed by atoms with E-state index in [0.717, 1.165) is 0 Å². The minimum absolute atomic E-state index is 0. The van der Waals surface area contributed by atoms with Crippen LogP contribution in [0.25, 0.3) is 0 Å². The van der Waals surface area contributed by atoms with Gasteiger partial charge in [-0.15, -0.1) is 12.4 Å². The van der Waals surface area contributed by atoms with Crippen molar-refractivity contribution in [2.24, 2.45) is 0 Å². The molecular weight excluding hydrogens is 331 g/mol. The molecular formula is C14H22Cl2N2O4. The Labute approximate surface area is 141 Å². The van der Waals surface area contributed by atoms with Crippen LogP contribution < -0.4 is 15.4 Å². The molecule has 2 N–H and O–H groups in total. The highest BCUT2D eigenvalue weighted by atomic mass is 35.5. The monoisotopic (exact) mass is 352 g/mol. The molecule has 0 aromatic heterocycles. The molecule has 1 aromatic carbocycles. The molecule has 0 radical (unpaired) electrons. The summed E-state index contributed by atoms with van der Waals surface area (Å²) >= 11 is 6.09. The lowest BCUT2D eigenvalue weighted by Gasteiger charge is -2.10. The maximum absolute atomic E-state index is 11.7. The van der Waals surface area contributed by atoms with Gasteiger partial charge in [0.2, 0.25) is 5.91 Å². The lowest BCUT2D eigenvalue weighted by molar-refractivity contribution is -0.115. The van der Waals surface area contributed by atoms with Crippen LogP contribution in [-0.2, 0) is 14.3 Å². The van der Waals surface area contributed by atoms with Gasteiger partial charge in [-0.1, -0.05) is 11.6 Å². The SMILES string of the molecule is COCCNCC(=O)Nc1ccc(OCCOC)c(Cl)c1.Cl. The Kier molecular flexibility index (Phi) is 11.9. The number of amides is 1. The van der Waals surface area contributed by atoms with E-state index in [2.05, 4.69) is 10.6 Å². The van der Waals surface area contributed by atoms with Crippen molar-refractivity contribution < 1.29 is 19.0 Å². The summed E-state index contributed by atoms with van der Waals surface area (Å²) in [6.07, 6.45) is 0. The molecule has 126 valence electrons. The smallest absolute Gasteiger partial charge is 0.238 e. The molecule has 1 rings (SSSR count). The van der Waals surface area contributed by atoms with Gasteiger partial charge in [-0.2, -0.15) is 0 Å². The van der Waals surface area contributed by atoms with E-state index in [1.165, 1.54) is 0 Å². The van der Waals surface area contributed by atoms with Crippen LogP contribution in [0.2, 0.25) is 5.02 Å². The first-order valence-corrected chi connectivity index (χ1v) is 6.96. The zero-order valence-corrected chi connectivity index (χ0v) is 14.3. The second kappa shape index (κ2) is 12.5. The highest BCUT2D eigenvalue weighted by Crippen LogP contribution is 2.27. The van der Waals surface area contributed by atoms with E-state index in [1.54, 1.807) is 32.4 Å². The standard InChI is InChI=1S/C14H21ClN2O4.ClH/c1-19-6-5-16-10-14(18)17-11-3-4-13(12(15)9-11)21-8-7-20-2;/h3-4,9,16H,5-8,10H2,1-2H3,(H,17,18);1H. The molecule has 0 saturated carbocycles. The van der Waals surface area contributed by atoms with Crippen LogP contribution in [0.5, 0.6) is 5.75 Å². The summed E-state index contributed by atoms with van der Waals surface area (Å²) < 4.78 is 15.2. The van der Waals surface area contributed by atoms with Crippen molar-refractivity contribution in [3.63, 3.8) is 0 Å². The van der Waals surface area contributed by atoms with Crippen LogP contribution in [0, 0.1) is 0 Å². The van der Waals surface area contributed by atoms with Gasteiger partial charge in [0.1, 0.15) is 12.4 Å². The summed E-state index contributed by atoms with van der Waals surface area (Å²) in [5.74, 6) is 0.417. The van der Waals surface area contributed by atoms with Crippen molar-refractivity contribution in [1.82, 2.24) is 5.32 Å². The number of carbonyl (C=O) groups excluding carboxylic acids is 1. The number of ether oxygens (including phenoxy) is 3. The molecule has 0 spiro atoms. The van der Waals surface area contributed by atoms with Crippen LogP contribution in [0.3, 0.4) is 0 Å². The topological polar surface area (TPSA) is 68.8 Å². The third-order valence-electron chi connectivity index (χ3n) is 2.53. The first kappa shape index (κ1) is 20.9. The van der Waals surface area contributed by atoms with Gasteiger partial charge >= 0.3 is 0 Å². The number of hydrogen-bond donors (Lipinski definition) is 2. The summed E-state index contributed by atoms with van der Waals surface area (Å²) in [6.45, 7) is 2.31. The van der Waals surface area contributed by atoms with Gasteiger partial charge in [0.25, 0.3) is 0 Å². The normalized spacial score (nSPS) is 9.95. The molecule has 8 heteroatoms. The van der Waals surface area contributed by atoms with Crippen molar-refractivity contribution >= 4 is 35.6 Å². The van der Waals surface area contributed by atoms with Crippen molar-refractivity contribution in [2.45, 2.75) is 0 Å². The summed E-state index contributed by atoms with van der Waals surface area (Å²) in [5.41, 5.74) is 0.623. The number of anilines is 1. The Morgan fingerprint density at radius 3 is 2.55 bits per heavy atom. The summed E-state index contributed by atoms with van der Waals surface area (Å²) in [6, 6.07) is 5.10. The number of nitrogens with one attached hydrogen (secondary N) is 2. The van der Waals surface area contributed by atoms with E-state index in [-0.39, 0.29) is 24.9 Å². The van der Waals surface area contributed by atoms with Gasteiger partial charge in [-0.3, -0.25) is 4.79 Å². The predicted molar refractivity (Wildman–Crippen MR) is 89.4 cm³/mol. The number of methoxy groups -OCH3 is 2. The highest BCUT2D eigenvalue weighted by Gasteiger charge is 2.06. The molecule has 0 saturated heterocycles. The Morgan fingerprint density at radius 2 is 1.91 bits per heavy atom. The van der Waals surface area contributed by atoms with Gasteiger partial charge in [0.15, 0.2) is 0 Å². The van der Waals surface area contributed by atoms with Crippen molar-refractivity contribution in [2.75, 3.05) is 52.4 Å². The summed E-state index contributed by atoms with van der Waals surface area (Å²) in [5, 5.41) is 6.15. The van der Waals surface area contributed by atoms with Gasteiger partial charge in [0.05, 0.1) is 24.8 Å². The number of halogens is 2. The number of benzene rings is 1. The van der Waals surface area contributed by atoms with Crippen molar-refractivity contribution in [3.05, 3.63) is 23.2 Å². The van der Waals surface area contributed by atoms with Crippen molar-refractivity contribution in [1.29, 1.82) is 0 Å². The Balaban J connectivity index is 0.00000441. The quantitative estimate of drug-likeness (QED) is 0.630.